The number of primary amides is 1. The van der Waals surface area contributed by atoms with Gasteiger partial charge in [-0.05, 0) is 5.56 Å². The quantitative estimate of drug-likeness (QED) is 0.683. The number of carbonyl (C=O) groups is 3. The van der Waals surface area contributed by atoms with E-state index < -0.39 is 12.1 Å². The predicted molar refractivity (Wildman–Crippen MR) is 71.5 cm³/mol. The number of rotatable bonds is 3. The van der Waals surface area contributed by atoms with E-state index in [0.29, 0.717) is 18.7 Å². The molecule has 1 unspecified atom stereocenters. The first-order chi connectivity index (χ1) is 9.58. The van der Waals surface area contributed by atoms with Crippen molar-refractivity contribution in [1.29, 1.82) is 0 Å². The Bertz CT molecular complexity index is 518. The number of hydrogen-bond donors (Lipinski definition) is 3. The maximum atomic E-state index is 12.5. The van der Waals surface area contributed by atoms with Gasteiger partial charge in [-0.3, -0.25) is 9.59 Å². The molecule has 1 aliphatic heterocycles. The normalized spacial score (nSPS) is 16.2. The topological polar surface area (TPSA) is 105 Å². The SMILES string of the molecule is NC(=O)NC(C(=O)N1CCNC(=O)C1)c1ccccc1. The molecule has 4 N–H and O–H groups in total. The fraction of sp³-hybridized carbons (Fsp3) is 0.308. The molecule has 2 rings (SSSR count). The van der Waals surface area contributed by atoms with Gasteiger partial charge in [-0.25, -0.2) is 4.79 Å². The molecular formula is C13H16N4O3. The third-order valence-electron chi connectivity index (χ3n) is 3.02. The van der Waals surface area contributed by atoms with Gasteiger partial charge in [-0.1, -0.05) is 30.3 Å². The van der Waals surface area contributed by atoms with Crippen molar-refractivity contribution in [2.24, 2.45) is 5.73 Å². The number of benzene rings is 1. The summed E-state index contributed by atoms with van der Waals surface area (Å²) in [5, 5.41) is 5.07. The van der Waals surface area contributed by atoms with Crippen LogP contribution in [0.5, 0.6) is 0 Å². The van der Waals surface area contributed by atoms with Crippen molar-refractivity contribution in [3.63, 3.8) is 0 Å². The number of hydrogen-bond acceptors (Lipinski definition) is 3. The highest BCUT2D eigenvalue weighted by Crippen LogP contribution is 2.16. The number of amides is 4. The van der Waals surface area contributed by atoms with E-state index in [1.807, 2.05) is 6.07 Å². The minimum Gasteiger partial charge on any atom is -0.353 e. The van der Waals surface area contributed by atoms with E-state index in [2.05, 4.69) is 10.6 Å². The summed E-state index contributed by atoms with van der Waals surface area (Å²) < 4.78 is 0. The second-order valence-corrected chi connectivity index (χ2v) is 4.46. The largest absolute Gasteiger partial charge is 0.353 e. The minimum atomic E-state index is -0.875. The minimum absolute atomic E-state index is 0.0113. The van der Waals surface area contributed by atoms with E-state index >= 15 is 0 Å². The molecule has 1 atom stereocenters. The molecule has 1 saturated heterocycles. The number of nitrogens with two attached hydrogens (primary N) is 1. The lowest BCUT2D eigenvalue weighted by Crippen LogP contribution is -2.53. The molecule has 0 radical (unpaired) electrons. The van der Waals surface area contributed by atoms with Crippen LogP contribution in [0.25, 0.3) is 0 Å². The molecule has 0 aromatic heterocycles. The second kappa shape index (κ2) is 6.05. The van der Waals surface area contributed by atoms with E-state index in [9.17, 15) is 14.4 Å². The average molecular weight is 276 g/mol. The zero-order chi connectivity index (χ0) is 14.5. The Morgan fingerprint density at radius 1 is 1.30 bits per heavy atom. The van der Waals surface area contributed by atoms with Gasteiger partial charge in [-0.15, -0.1) is 0 Å². The molecule has 20 heavy (non-hydrogen) atoms. The first-order valence-electron chi connectivity index (χ1n) is 6.24. The van der Waals surface area contributed by atoms with Crippen LogP contribution in [-0.4, -0.2) is 42.4 Å². The van der Waals surface area contributed by atoms with Crippen LogP contribution in [0.2, 0.25) is 0 Å². The van der Waals surface area contributed by atoms with Crippen molar-refractivity contribution >= 4 is 17.8 Å². The van der Waals surface area contributed by atoms with Crippen LogP contribution in [0, 0.1) is 0 Å². The zero-order valence-corrected chi connectivity index (χ0v) is 10.8. The summed E-state index contributed by atoms with van der Waals surface area (Å²) in [5.41, 5.74) is 5.75. The molecule has 7 heteroatoms. The van der Waals surface area contributed by atoms with E-state index in [-0.39, 0.29) is 18.4 Å². The molecule has 1 aromatic rings. The number of nitrogens with zero attached hydrogens (tertiary/aromatic N) is 1. The van der Waals surface area contributed by atoms with Crippen LogP contribution in [0.4, 0.5) is 4.79 Å². The van der Waals surface area contributed by atoms with Crippen LogP contribution in [-0.2, 0) is 9.59 Å². The first kappa shape index (κ1) is 13.9. The van der Waals surface area contributed by atoms with Crippen LogP contribution in [0.3, 0.4) is 0 Å². The third kappa shape index (κ3) is 3.25. The molecule has 0 bridgehead atoms. The molecular weight excluding hydrogens is 260 g/mol. The predicted octanol–water partition coefficient (Wildman–Crippen LogP) is -0.646. The lowest BCUT2D eigenvalue weighted by molar-refractivity contribution is -0.139. The van der Waals surface area contributed by atoms with Gasteiger partial charge in [0.2, 0.25) is 11.8 Å². The molecule has 0 saturated carbocycles. The molecule has 0 spiro atoms. The van der Waals surface area contributed by atoms with Crippen molar-refractivity contribution < 1.29 is 14.4 Å². The summed E-state index contributed by atoms with van der Waals surface area (Å²) >= 11 is 0. The van der Waals surface area contributed by atoms with Gasteiger partial charge in [0.1, 0.15) is 6.04 Å². The fourth-order valence-electron chi connectivity index (χ4n) is 2.08. The Morgan fingerprint density at radius 2 is 2.00 bits per heavy atom. The lowest BCUT2D eigenvalue weighted by atomic mass is 10.1. The monoisotopic (exact) mass is 276 g/mol. The maximum Gasteiger partial charge on any atom is 0.313 e. The van der Waals surface area contributed by atoms with E-state index in [4.69, 9.17) is 5.73 Å². The number of urea groups is 1. The highest BCUT2D eigenvalue weighted by molar-refractivity contribution is 5.91. The third-order valence-corrected chi connectivity index (χ3v) is 3.02. The van der Waals surface area contributed by atoms with Gasteiger partial charge in [0, 0.05) is 13.1 Å². The summed E-state index contributed by atoms with van der Waals surface area (Å²) in [7, 11) is 0. The highest BCUT2D eigenvalue weighted by atomic mass is 16.2. The van der Waals surface area contributed by atoms with Gasteiger partial charge in [-0.2, -0.15) is 0 Å². The fourth-order valence-corrected chi connectivity index (χ4v) is 2.08. The Labute approximate surface area is 116 Å². The number of nitrogens with one attached hydrogen (secondary N) is 2. The molecule has 106 valence electrons. The van der Waals surface area contributed by atoms with Crippen molar-refractivity contribution in [1.82, 2.24) is 15.5 Å². The molecule has 1 aliphatic rings. The van der Waals surface area contributed by atoms with Crippen LogP contribution in [0.1, 0.15) is 11.6 Å². The molecule has 1 fully saturated rings. The van der Waals surface area contributed by atoms with Crippen LogP contribution in [0.15, 0.2) is 30.3 Å². The number of piperazine rings is 1. The summed E-state index contributed by atoms with van der Waals surface area (Å²) in [6, 6.07) is 7.13. The molecule has 1 aromatic carbocycles. The molecule has 4 amide bonds. The van der Waals surface area contributed by atoms with E-state index in [1.165, 1.54) is 4.90 Å². The lowest BCUT2D eigenvalue weighted by Gasteiger charge is -2.30. The standard InChI is InChI=1S/C13H16N4O3/c14-13(20)16-11(9-4-2-1-3-5-9)12(19)17-7-6-15-10(18)8-17/h1-5,11H,6-8H2,(H,15,18)(H3,14,16,20). The summed E-state index contributed by atoms with van der Waals surface area (Å²) in [5.74, 6) is -0.555. The average Bonchev–Trinajstić information content (AvgIpc) is 2.45. The summed E-state index contributed by atoms with van der Waals surface area (Å²) in [6.45, 7) is 0.805. The highest BCUT2D eigenvalue weighted by Gasteiger charge is 2.29. The van der Waals surface area contributed by atoms with Crippen molar-refractivity contribution in [3.8, 4) is 0 Å². The van der Waals surface area contributed by atoms with Gasteiger partial charge >= 0.3 is 6.03 Å². The van der Waals surface area contributed by atoms with E-state index in [1.54, 1.807) is 24.3 Å². The Morgan fingerprint density at radius 3 is 2.60 bits per heavy atom. The van der Waals surface area contributed by atoms with Crippen LogP contribution < -0.4 is 16.4 Å². The molecule has 1 heterocycles. The first-order valence-corrected chi connectivity index (χ1v) is 6.24. The Balaban J connectivity index is 2.20. The second-order valence-electron chi connectivity index (χ2n) is 4.46. The number of carbonyl (C=O) groups excluding carboxylic acids is 3. The van der Waals surface area contributed by atoms with Crippen molar-refractivity contribution in [2.75, 3.05) is 19.6 Å². The molecule has 0 aliphatic carbocycles. The Hall–Kier alpha value is -2.57. The van der Waals surface area contributed by atoms with Crippen LogP contribution >= 0.6 is 0 Å². The molecule has 7 nitrogen and oxygen atoms in total. The van der Waals surface area contributed by atoms with Gasteiger partial charge in [0.25, 0.3) is 0 Å². The van der Waals surface area contributed by atoms with Crippen molar-refractivity contribution in [2.45, 2.75) is 6.04 Å². The smallest absolute Gasteiger partial charge is 0.313 e. The van der Waals surface area contributed by atoms with E-state index in [0.717, 1.165) is 0 Å². The summed E-state index contributed by atoms with van der Waals surface area (Å²) in [4.78, 5) is 36.3. The summed E-state index contributed by atoms with van der Waals surface area (Å²) in [6.07, 6.45) is 0. The van der Waals surface area contributed by atoms with Crippen molar-refractivity contribution in [3.05, 3.63) is 35.9 Å². The van der Waals surface area contributed by atoms with Gasteiger partial charge in [0.15, 0.2) is 0 Å². The maximum absolute atomic E-state index is 12.5. The van der Waals surface area contributed by atoms with Gasteiger partial charge < -0.3 is 21.3 Å². The Kier molecular flexibility index (Phi) is 4.19. The van der Waals surface area contributed by atoms with Gasteiger partial charge in [0.05, 0.1) is 6.54 Å². The zero-order valence-electron chi connectivity index (χ0n) is 10.8.